The van der Waals surface area contributed by atoms with E-state index in [4.69, 9.17) is 4.74 Å². The minimum atomic E-state index is -0.442. The van der Waals surface area contributed by atoms with E-state index in [0.29, 0.717) is 29.2 Å². The van der Waals surface area contributed by atoms with Crippen LogP contribution >= 0.6 is 15.9 Å². The Kier molecular flexibility index (Phi) is 3.65. The van der Waals surface area contributed by atoms with E-state index in [1.54, 1.807) is 10.9 Å². The van der Waals surface area contributed by atoms with Gasteiger partial charge in [0.2, 0.25) is 0 Å². The van der Waals surface area contributed by atoms with Crippen molar-refractivity contribution in [2.24, 2.45) is 5.92 Å². The van der Waals surface area contributed by atoms with E-state index < -0.39 is 5.97 Å². The third-order valence-electron chi connectivity index (χ3n) is 2.47. The van der Waals surface area contributed by atoms with Crippen LogP contribution in [0.25, 0.3) is 11.0 Å². The molecule has 0 N–H and O–H groups in total. The maximum Gasteiger partial charge on any atom is 0.359 e. The van der Waals surface area contributed by atoms with Crippen LogP contribution < -0.4 is 0 Å². The van der Waals surface area contributed by atoms with Crippen LogP contribution in [0.2, 0.25) is 0 Å². The lowest BCUT2D eigenvalue weighted by atomic mass is 10.2. The average Bonchev–Trinajstić information content (AvgIpc) is 2.65. The number of aromatic nitrogens is 3. The molecule has 0 aliphatic carbocycles. The van der Waals surface area contributed by atoms with E-state index in [-0.39, 0.29) is 0 Å². The number of methoxy groups -OCH3 is 1. The molecule has 18 heavy (non-hydrogen) atoms. The van der Waals surface area contributed by atoms with E-state index in [9.17, 15) is 4.79 Å². The van der Waals surface area contributed by atoms with Crippen molar-refractivity contribution in [3.05, 3.63) is 22.4 Å². The van der Waals surface area contributed by atoms with Gasteiger partial charge in [0.1, 0.15) is 0 Å². The number of fused-ring (bicyclic) bond motifs is 1. The summed E-state index contributed by atoms with van der Waals surface area (Å²) in [5, 5.41) is 5.01. The third kappa shape index (κ3) is 2.38. The van der Waals surface area contributed by atoms with Crippen LogP contribution in [0.1, 0.15) is 24.3 Å². The van der Waals surface area contributed by atoms with E-state index in [2.05, 4.69) is 39.9 Å². The van der Waals surface area contributed by atoms with Gasteiger partial charge in [-0.15, -0.1) is 0 Å². The number of esters is 1. The molecule has 0 fully saturated rings. The largest absolute Gasteiger partial charge is 0.464 e. The molecular weight excluding hydrogens is 298 g/mol. The highest BCUT2D eigenvalue weighted by atomic mass is 79.9. The van der Waals surface area contributed by atoms with Gasteiger partial charge in [-0.3, -0.25) is 0 Å². The molecule has 0 unspecified atom stereocenters. The molecule has 0 atom stereocenters. The molecule has 0 saturated heterocycles. The predicted molar refractivity (Wildman–Crippen MR) is 71.4 cm³/mol. The molecule has 0 spiro atoms. The zero-order chi connectivity index (χ0) is 13.3. The molecule has 96 valence electrons. The Balaban J connectivity index is 2.63. The fourth-order valence-electron chi connectivity index (χ4n) is 1.75. The molecular formula is C12H14BrN3O2. The number of carbonyl (C=O) groups is 1. The molecule has 2 heterocycles. The van der Waals surface area contributed by atoms with Gasteiger partial charge >= 0.3 is 5.97 Å². The van der Waals surface area contributed by atoms with Crippen molar-refractivity contribution in [1.82, 2.24) is 14.8 Å². The van der Waals surface area contributed by atoms with E-state index >= 15 is 0 Å². The van der Waals surface area contributed by atoms with Crippen LogP contribution in [0, 0.1) is 5.92 Å². The lowest BCUT2D eigenvalue weighted by Gasteiger charge is -2.05. The monoisotopic (exact) mass is 311 g/mol. The summed E-state index contributed by atoms with van der Waals surface area (Å²) in [6, 6.07) is 1.83. The first kappa shape index (κ1) is 13.0. The summed E-state index contributed by atoms with van der Waals surface area (Å²) in [5.41, 5.74) is 1.01. The molecule has 2 aromatic heterocycles. The van der Waals surface area contributed by atoms with Crippen LogP contribution in [0.4, 0.5) is 0 Å². The highest BCUT2D eigenvalue weighted by Gasteiger charge is 2.19. The zero-order valence-corrected chi connectivity index (χ0v) is 12.1. The number of pyridine rings is 1. The second-order valence-electron chi connectivity index (χ2n) is 4.44. The molecule has 2 rings (SSSR count). The molecule has 0 aliphatic rings. The molecule has 0 aliphatic heterocycles. The standard InChI is InChI=1S/C12H14BrN3O2/c1-7(2)6-16-11-9(4-8(13)5-14-11)10(15-16)12(17)18-3/h4-5,7H,6H2,1-3H3. The Hall–Kier alpha value is -1.43. The predicted octanol–water partition coefficient (Wildman–Crippen LogP) is 2.64. The molecule has 5 nitrogen and oxygen atoms in total. The van der Waals surface area contributed by atoms with Crippen molar-refractivity contribution < 1.29 is 9.53 Å². The van der Waals surface area contributed by atoms with Crippen LogP contribution in [-0.4, -0.2) is 27.8 Å². The topological polar surface area (TPSA) is 57.0 Å². The summed E-state index contributed by atoms with van der Waals surface area (Å²) in [5.74, 6) is -0.0218. The Labute approximate surface area is 113 Å². The first-order valence-electron chi connectivity index (χ1n) is 5.63. The Bertz CT molecular complexity index is 592. The number of hydrogen-bond acceptors (Lipinski definition) is 4. The van der Waals surface area contributed by atoms with Gasteiger partial charge in [0.15, 0.2) is 11.3 Å². The number of nitrogens with zero attached hydrogens (tertiary/aromatic N) is 3. The number of carbonyl (C=O) groups excluding carboxylic acids is 1. The van der Waals surface area contributed by atoms with Crippen molar-refractivity contribution >= 4 is 32.9 Å². The van der Waals surface area contributed by atoms with Gasteiger partial charge in [0, 0.05) is 17.2 Å². The SMILES string of the molecule is COC(=O)c1nn(CC(C)C)c2ncc(Br)cc12. The maximum atomic E-state index is 11.7. The van der Waals surface area contributed by atoms with Crippen LogP contribution in [0.15, 0.2) is 16.7 Å². The Morgan fingerprint density at radius 2 is 2.28 bits per heavy atom. The lowest BCUT2D eigenvalue weighted by molar-refractivity contribution is 0.0595. The lowest BCUT2D eigenvalue weighted by Crippen LogP contribution is -2.08. The summed E-state index contributed by atoms with van der Waals surface area (Å²) < 4.78 is 7.30. The van der Waals surface area contributed by atoms with Gasteiger partial charge in [-0.2, -0.15) is 5.10 Å². The van der Waals surface area contributed by atoms with E-state index in [1.165, 1.54) is 7.11 Å². The van der Waals surface area contributed by atoms with Gasteiger partial charge in [-0.25, -0.2) is 14.5 Å². The van der Waals surface area contributed by atoms with Crippen molar-refractivity contribution in [2.75, 3.05) is 7.11 Å². The van der Waals surface area contributed by atoms with Crippen molar-refractivity contribution in [1.29, 1.82) is 0 Å². The highest BCUT2D eigenvalue weighted by Crippen LogP contribution is 2.22. The number of hydrogen-bond donors (Lipinski definition) is 0. The average molecular weight is 312 g/mol. The van der Waals surface area contributed by atoms with E-state index in [1.807, 2.05) is 6.07 Å². The highest BCUT2D eigenvalue weighted by molar-refractivity contribution is 9.10. The summed E-state index contributed by atoms with van der Waals surface area (Å²) in [6.07, 6.45) is 1.70. The summed E-state index contributed by atoms with van der Waals surface area (Å²) in [4.78, 5) is 16.0. The number of ether oxygens (including phenoxy) is 1. The summed E-state index contributed by atoms with van der Waals surface area (Å²) >= 11 is 3.35. The molecule has 0 aromatic carbocycles. The molecule has 2 aromatic rings. The van der Waals surface area contributed by atoms with Crippen molar-refractivity contribution in [2.45, 2.75) is 20.4 Å². The zero-order valence-electron chi connectivity index (χ0n) is 10.5. The van der Waals surface area contributed by atoms with Crippen molar-refractivity contribution in [3.63, 3.8) is 0 Å². The number of rotatable bonds is 3. The first-order valence-corrected chi connectivity index (χ1v) is 6.42. The van der Waals surface area contributed by atoms with Gasteiger partial charge in [-0.1, -0.05) is 13.8 Å². The van der Waals surface area contributed by atoms with Crippen LogP contribution in [-0.2, 0) is 11.3 Å². The number of halogens is 1. The van der Waals surface area contributed by atoms with E-state index in [0.717, 1.165) is 4.47 Å². The molecule has 0 saturated carbocycles. The smallest absolute Gasteiger partial charge is 0.359 e. The van der Waals surface area contributed by atoms with Gasteiger partial charge in [-0.05, 0) is 27.9 Å². The van der Waals surface area contributed by atoms with Crippen LogP contribution in [0.3, 0.4) is 0 Å². The minimum Gasteiger partial charge on any atom is -0.464 e. The third-order valence-corrected chi connectivity index (χ3v) is 2.90. The second kappa shape index (κ2) is 5.06. The van der Waals surface area contributed by atoms with Gasteiger partial charge < -0.3 is 4.74 Å². The van der Waals surface area contributed by atoms with Gasteiger partial charge in [0.05, 0.1) is 12.5 Å². The molecule has 0 bridgehead atoms. The normalized spacial score (nSPS) is 11.2. The maximum absolute atomic E-state index is 11.7. The quantitative estimate of drug-likeness (QED) is 0.818. The van der Waals surface area contributed by atoms with Crippen molar-refractivity contribution in [3.8, 4) is 0 Å². The summed E-state index contributed by atoms with van der Waals surface area (Å²) in [7, 11) is 1.35. The fraction of sp³-hybridized carbons (Fsp3) is 0.417. The second-order valence-corrected chi connectivity index (χ2v) is 5.36. The molecule has 0 radical (unpaired) electrons. The minimum absolute atomic E-state index is 0.307. The summed E-state index contributed by atoms with van der Waals surface area (Å²) in [6.45, 7) is 4.89. The first-order chi connectivity index (χ1) is 8.52. The molecule has 0 amide bonds. The molecule has 6 heteroatoms. The van der Waals surface area contributed by atoms with Gasteiger partial charge in [0.25, 0.3) is 0 Å². The Morgan fingerprint density at radius 3 is 2.89 bits per heavy atom. The Morgan fingerprint density at radius 1 is 1.56 bits per heavy atom. The fourth-order valence-corrected chi connectivity index (χ4v) is 2.09. The van der Waals surface area contributed by atoms with Crippen LogP contribution in [0.5, 0.6) is 0 Å².